The summed E-state index contributed by atoms with van der Waals surface area (Å²) in [4.78, 5) is 0. The highest BCUT2D eigenvalue weighted by molar-refractivity contribution is 7.80. The number of nitrogens with two attached hydrogens (primary N) is 1. The SMILES string of the molecule is CCCC(C)(N)OS(=O)(=O)O. The van der Waals surface area contributed by atoms with Crippen LogP contribution in [0.25, 0.3) is 0 Å². The van der Waals surface area contributed by atoms with Crippen molar-refractivity contribution < 1.29 is 17.2 Å². The summed E-state index contributed by atoms with van der Waals surface area (Å²) in [6.45, 7) is 3.22. The molecule has 0 rings (SSSR count). The van der Waals surface area contributed by atoms with E-state index in [2.05, 4.69) is 4.18 Å². The predicted molar refractivity (Wildman–Crippen MR) is 40.1 cm³/mol. The van der Waals surface area contributed by atoms with Crippen molar-refractivity contribution >= 4 is 10.4 Å². The lowest BCUT2D eigenvalue weighted by Crippen LogP contribution is -2.40. The summed E-state index contributed by atoms with van der Waals surface area (Å²) in [6.07, 6.45) is 1.05. The van der Waals surface area contributed by atoms with Crippen molar-refractivity contribution in [3.63, 3.8) is 0 Å². The Labute approximate surface area is 66.5 Å². The van der Waals surface area contributed by atoms with Crippen LogP contribution in [0, 0.1) is 0 Å². The molecule has 6 heteroatoms. The van der Waals surface area contributed by atoms with E-state index < -0.39 is 16.1 Å². The van der Waals surface area contributed by atoms with E-state index in [9.17, 15) is 8.42 Å². The van der Waals surface area contributed by atoms with Crippen LogP contribution in [0.5, 0.6) is 0 Å². The molecule has 0 bridgehead atoms. The number of hydrogen-bond acceptors (Lipinski definition) is 4. The number of hydrogen-bond donors (Lipinski definition) is 2. The zero-order valence-electron chi connectivity index (χ0n) is 6.57. The maximum atomic E-state index is 10.2. The van der Waals surface area contributed by atoms with Crippen molar-refractivity contribution in [1.82, 2.24) is 0 Å². The van der Waals surface area contributed by atoms with Crippen molar-refractivity contribution in [2.24, 2.45) is 5.73 Å². The summed E-state index contributed by atoms with van der Waals surface area (Å²) in [5.74, 6) is 0. The zero-order chi connectivity index (χ0) is 9.12. The molecule has 0 radical (unpaired) electrons. The molecule has 3 N–H and O–H groups in total. The zero-order valence-corrected chi connectivity index (χ0v) is 7.39. The summed E-state index contributed by atoms with van der Waals surface area (Å²) in [7, 11) is -4.43. The van der Waals surface area contributed by atoms with E-state index >= 15 is 0 Å². The first-order valence-corrected chi connectivity index (χ1v) is 4.60. The lowest BCUT2D eigenvalue weighted by molar-refractivity contribution is 0.0777. The van der Waals surface area contributed by atoms with Crippen LogP contribution in [0.15, 0.2) is 0 Å². The molecule has 1 atom stereocenters. The monoisotopic (exact) mass is 183 g/mol. The van der Waals surface area contributed by atoms with E-state index in [0.717, 1.165) is 0 Å². The predicted octanol–water partition coefficient (Wildman–Crippen LogP) is 0.281. The van der Waals surface area contributed by atoms with E-state index in [1.807, 2.05) is 6.92 Å². The Kier molecular flexibility index (Phi) is 3.43. The van der Waals surface area contributed by atoms with Gasteiger partial charge in [0.25, 0.3) is 0 Å². The molecule has 0 saturated heterocycles. The van der Waals surface area contributed by atoms with Crippen LogP contribution in [0.1, 0.15) is 26.7 Å². The summed E-state index contributed by atoms with van der Waals surface area (Å²) in [5.41, 5.74) is 4.05. The minimum Gasteiger partial charge on any atom is -0.303 e. The average molecular weight is 183 g/mol. The van der Waals surface area contributed by atoms with Crippen molar-refractivity contribution in [2.45, 2.75) is 32.4 Å². The lowest BCUT2D eigenvalue weighted by Gasteiger charge is -2.21. The molecular weight excluding hydrogens is 170 g/mol. The average Bonchev–Trinajstić information content (AvgIpc) is 1.55. The Morgan fingerprint density at radius 2 is 2.09 bits per heavy atom. The lowest BCUT2D eigenvalue weighted by atomic mass is 10.1. The van der Waals surface area contributed by atoms with Crippen LogP contribution in [0.2, 0.25) is 0 Å². The molecule has 1 unspecified atom stereocenters. The van der Waals surface area contributed by atoms with Gasteiger partial charge >= 0.3 is 10.4 Å². The van der Waals surface area contributed by atoms with Gasteiger partial charge in [0.05, 0.1) is 0 Å². The van der Waals surface area contributed by atoms with Gasteiger partial charge in [-0.2, -0.15) is 8.42 Å². The first kappa shape index (κ1) is 10.8. The molecule has 0 aromatic carbocycles. The molecular formula is C5H13NO4S. The van der Waals surface area contributed by atoms with E-state index in [1.54, 1.807) is 0 Å². The summed E-state index contributed by atoms with van der Waals surface area (Å²) < 4.78 is 32.8. The van der Waals surface area contributed by atoms with Crippen LogP contribution in [-0.2, 0) is 14.6 Å². The Bertz CT molecular complexity index is 209. The Hall–Kier alpha value is -0.170. The third-order valence-corrected chi connectivity index (χ3v) is 1.63. The van der Waals surface area contributed by atoms with Crippen molar-refractivity contribution in [3.8, 4) is 0 Å². The minimum atomic E-state index is -4.43. The van der Waals surface area contributed by atoms with Crippen LogP contribution < -0.4 is 5.73 Å². The van der Waals surface area contributed by atoms with Gasteiger partial charge in [0, 0.05) is 0 Å². The molecule has 0 aromatic heterocycles. The highest BCUT2D eigenvalue weighted by atomic mass is 32.3. The molecule has 68 valence electrons. The van der Waals surface area contributed by atoms with Crippen LogP contribution in [0.4, 0.5) is 0 Å². The molecule has 0 aliphatic rings. The normalized spacial score (nSPS) is 17.8. The fraction of sp³-hybridized carbons (Fsp3) is 1.00. The highest BCUT2D eigenvalue weighted by Gasteiger charge is 2.24. The van der Waals surface area contributed by atoms with Crippen LogP contribution >= 0.6 is 0 Å². The van der Waals surface area contributed by atoms with E-state index in [4.69, 9.17) is 10.3 Å². The van der Waals surface area contributed by atoms with E-state index in [-0.39, 0.29) is 0 Å². The molecule has 11 heavy (non-hydrogen) atoms. The van der Waals surface area contributed by atoms with Gasteiger partial charge in [-0.1, -0.05) is 13.3 Å². The summed E-state index contributed by atoms with van der Waals surface area (Å²) >= 11 is 0. The second-order valence-corrected chi connectivity index (χ2v) is 3.60. The third-order valence-electron chi connectivity index (χ3n) is 1.04. The summed E-state index contributed by atoms with van der Waals surface area (Å²) in [6, 6.07) is 0. The van der Waals surface area contributed by atoms with Crippen molar-refractivity contribution in [1.29, 1.82) is 0 Å². The largest absolute Gasteiger partial charge is 0.399 e. The maximum Gasteiger partial charge on any atom is 0.399 e. The highest BCUT2D eigenvalue weighted by Crippen LogP contribution is 2.12. The van der Waals surface area contributed by atoms with Gasteiger partial charge < -0.3 is 5.73 Å². The molecule has 0 aromatic rings. The van der Waals surface area contributed by atoms with Crippen molar-refractivity contribution in [3.05, 3.63) is 0 Å². The topological polar surface area (TPSA) is 89.6 Å². The first-order valence-electron chi connectivity index (χ1n) is 3.24. The van der Waals surface area contributed by atoms with Gasteiger partial charge in [-0.3, -0.25) is 4.55 Å². The van der Waals surface area contributed by atoms with Gasteiger partial charge in [0.1, 0.15) is 5.72 Å². The molecule has 0 heterocycles. The van der Waals surface area contributed by atoms with Gasteiger partial charge in [-0.25, -0.2) is 4.18 Å². The second kappa shape index (κ2) is 3.48. The minimum absolute atomic E-state index is 0.368. The quantitative estimate of drug-likeness (QED) is 0.482. The van der Waals surface area contributed by atoms with Gasteiger partial charge in [-0.15, -0.1) is 0 Å². The van der Waals surface area contributed by atoms with Gasteiger partial charge in [-0.05, 0) is 13.3 Å². The van der Waals surface area contributed by atoms with Crippen LogP contribution in [0.3, 0.4) is 0 Å². The van der Waals surface area contributed by atoms with Crippen molar-refractivity contribution in [2.75, 3.05) is 0 Å². The van der Waals surface area contributed by atoms with E-state index in [0.29, 0.717) is 12.8 Å². The standard InChI is InChI=1S/C5H13NO4S/c1-3-4-5(2,6)10-11(7,8)9/h3-4,6H2,1-2H3,(H,7,8,9). The third kappa shape index (κ3) is 6.24. The maximum absolute atomic E-state index is 10.2. The van der Waals surface area contributed by atoms with Gasteiger partial charge in [0.2, 0.25) is 0 Å². The Balaban J connectivity index is 4.13. The van der Waals surface area contributed by atoms with Gasteiger partial charge in [0.15, 0.2) is 0 Å². The fourth-order valence-corrected chi connectivity index (χ4v) is 1.34. The second-order valence-electron chi connectivity index (χ2n) is 2.57. The molecule has 5 nitrogen and oxygen atoms in total. The van der Waals surface area contributed by atoms with Crippen LogP contribution in [-0.4, -0.2) is 18.7 Å². The first-order chi connectivity index (χ1) is 4.77. The molecule has 0 aliphatic carbocycles. The molecule has 0 spiro atoms. The fourth-order valence-electron chi connectivity index (χ4n) is 0.779. The smallest absolute Gasteiger partial charge is 0.303 e. The Morgan fingerprint density at radius 1 is 1.64 bits per heavy atom. The van der Waals surface area contributed by atoms with E-state index in [1.165, 1.54) is 6.92 Å². The molecule has 0 amide bonds. The summed E-state index contributed by atoms with van der Waals surface area (Å²) in [5, 5.41) is 0. The molecule has 0 aliphatic heterocycles. The number of rotatable bonds is 4. The Morgan fingerprint density at radius 3 is 2.36 bits per heavy atom. The molecule has 0 fully saturated rings. The molecule has 0 saturated carbocycles.